The zero-order valence-electron chi connectivity index (χ0n) is 13.8. The SMILES string of the molecule is CCOC(=O)Cc1csc(NC(=O)c2cc3c(s2)CCC(C)C3)n1. The minimum absolute atomic E-state index is 0.126. The Hall–Kier alpha value is -1.73. The highest BCUT2D eigenvalue weighted by Crippen LogP contribution is 2.32. The molecule has 0 aliphatic heterocycles. The van der Waals surface area contributed by atoms with E-state index in [4.69, 9.17) is 4.74 Å². The molecule has 0 bridgehead atoms. The molecule has 0 saturated carbocycles. The van der Waals surface area contributed by atoms with Crippen LogP contribution in [0.1, 0.15) is 46.1 Å². The summed E-state index contributed by atoms with van der Waals surface area (Å²) in [6.45, 7) is 4.38. The van der Waals surface area contributed by atoms with E-state index in [2.05, 4.69) is 17.2 Å². The van der Waals surface area contributed by atoms with Crippen LogP contribution >= 0.6 is 22.7 Å². The number of amides is 1. The predicted octanol–water partition coefficient (Wildman–Crippen LogP) is 3.69. The molecule has 0 aromatic carbocycles. The summed E-state index contributed by atoms with van der Waals surface area (Å²) >= 11 is 2.90. The molecule has 1 aliphatic carbocycles. The number of ether oxygens (including phenoxy) is 1. The molecule has 1 atom stereocenters. The fourth-order valence-electron chi connectivity index (χ4n) is 2.78. The maximum atomic E-state index is 12.4. The third kappa shape index (κ3) is 4.02. The van der Waals surface area contributed by atoms with Gasteiger partial charge in [-0.2, -0.15) is 0 Å². The van der Waals surface area contributed by atoms with E-state index in [9.17, 15) is 9.59 Å². The van der Waals surface area contributed by atoms with Gasteiger partial charge in [-0.05, 0) is 43.7 Å². The summed E-state index contributed by atoms with van der Waals surface area (Å²) in [7, 11) is 0. The molecule has 0 saturated heterocycles. The van der Waals surface area contributed by atoms with Crippen LogP contribution in [0.5, 0.6) is 0 Å². The lowest BCUT2D eigenvalue weighted by Crippen LogP contribution is -2.11. The number of thiophene rings is 1. The Balaban J connectivity index is 1.63. The molecule has 7 heteroatoms. The molecule has 2 aromatic rings. The number of hydrogen-bond donors (Lipinski definition) is 1. The molecule has 128 valence electrons. The molecule has 2 heterocycles. The average Bonchev–Trinajstić information content (AvgIpc) is 3.13. The molecule has 2 aromatic heterocycles. The van der Waals surface area contributed by atoms with Crippen molar-refractivity contribution >= 4 is 39.7 Å². The van der Waals surface area contributed by atoms with E-state index in [1.807, 2.05) is 6.07 Å². The second kappa shape index (κ2) is 7.44. The first-order chi connectivity index (χ1) is 11.5. The van der Waals surface area contributed by atoms with Crippen molar-refractivity contribution in [3.63, 3.8) is 0 Å². The summed E-state index contributed by atoms with van der Waals surface area (Å²) in [5.74, 6) is 0.257. The smallest absolute Gasteiger partial charge is 0.311 e. The van der Waals surface area contributed by atoms with E-state index in [1.54, 1.807) is 23.6 Å². The fraction of sp³-hybridized carbons (Fsp3) is 0.471. The molecule has 0 fully saturated rings. The van der Waals surface area contributed by atoms with Gasteiger partial charge < -0.3 is 4.74 Å². The van der Waals surface area contributed by atoms with Gasteiger partial charge in [-0.15, -0.1) is 22.7 Å². The summed E-state index contributed by atoms with van der Waals surface area (Å²) in [6, 6.07) is 2.01. The van der Waals surface area contributed by atoms with E-state index < -0.39 is 0 Å². The van der Waals surface area contributed by atoms with Crippen molar-refractivity contribution in [1.29, 1.82) is 0 Å². The normalized spacial score (nSPS) is 16.5. The third-order valence-electron chi connectivity index (χ3n) is 3.96. The summed E-state index contributed by atoms with van der Waals surface area (Å²) < 4.78 is 4.90. The Bertz CT molecular complexity index is 751. The van der Waals surface area contributed by atoms with Crippen LogP contribution < -0.4 is 5.32 Å². The van der Waals surface area contributed by atoms with Gasteiger partial charge in [-0.1, -0.05) is 6.92 Å². The number of carbonyl (C=O) groups is 2. The number of aromatic nitrogens is 1. The number of hydrogen-bond acceptors (Lipinski definition) is 6. The number of aryl methyl sites for hydroxylation is 1. The van der Waals surface area contributed by atoms with Gasteiger partial charge in [0.05, 0.1) is 23.6 Å². The van der Waals surface area contributed by atoms with Crippen molar-refractivity contribution in [3.05, 3.63) is 32.5 Å². The van der Waals surface area contributed by atoms with Gasteiger partial charge in [-0.25, -0.2) is 4.98 Å². The van der Waals surface area contributed by atoms with E-state index in [-0.39, 0.29) is 18.3 Å². The molecule has 24 heavy (non-hydrogen) atoms. The van der Waals surface area contributed by atoms with Crippen LogP contribution in [-0.4, -0.2) is 23.5 Å². The average molecular weight is 364 g/mol. The summed E-state index contributed by atoms with van der Waals surface area (Å²) in [6.07, 6.45) is 3.44. The highest BCUT2D eigenvalue weighted by molar-refractivity contribution is 7.15. The molecule has 1 N–H and O–H groups in total. The Morgan fingerprint density at radius 3 is 3.08 bits per heavy atom. The Morgan fingerprint density at radius 2 is 2.29 bits per heavy atom. The molecule has 1 unspecified atom stereocenters. The number of fused-ring (bicyclic) bond motifs is 1. The van der Waals surface area contributed by atoms with Gasteiger partial charge in [-0.3, -0.25) is 14.9 Å². The molecule has 1 amide bonds. The summed E-state index contributed by atoms with van der Waals surface area (Å²) in [5, 5.41) is 5.12. The monoisotopic (exact) mass is 364 g/mol. The Labute approximate surface area is 149 Å². The second-order valence-electron chi connectivity index (χ2n) is 5.99. The van der Waals surface area contributed by atoms with Crippen molar-refractivity contribution in [2.24, 2.45) is 5.92 Å². The first-order valence-electron chi connectivity index (χ1n) is 8.08. The highest BCUT2D eigenvalue weighted by Gasteiger charge is 2.21. The van der Waals surface area contributed by atoms with Crippen LogP contribution in [0.15, 0.2) is 11.4 Å². The molecular formula is C17H20N2O3S2. The van der Waals surface area contributed by atoms with Crippen molar-refractivity contribution in [1.82, 2.24) is 4.98 Å². The molecule has 0 spiro atoms. The van der Waals surface area contributed by atoms with Crippen LogP contribution in [0.2, 0.25) is 0 Å². The van der Waals surface area contributed by atoms with Crippen LogP contribution in [0, 0.1) is 5.92 Å². The maximum absolute atomic E-state index is 12.4. The Kier molecular flexibility index (Phi) is 5.30. The van der Waals surface area contributed by atoms with Crippen molar-refractivity contribution < 1.29 is 14.3 Å². The van der Waals surface area contributed by atoms with Gasteiger partial charge in [0.2, 0.25) is 0 Å². The lowest BCUT2D eigenvalue weighted by molar-refractivity contribution is -0.142. The first-order valence-corrected chi connectivity index (χ1v) is 9.77. The molecule has 5 nitrogen and oxygen atoms in total. The summed E-state index contributed by atoms with van der Waals surface area (Å²) in [5.41, 5.74) is 1.93. The molecular weight excluding hydrogens is 344 g/mol. The van der Waals surface area contributed by atoms with Gasteiger partial charge in [0.25, 0.3) is 5.91 Å². The van der Waals surface area contributed by atoms with Crippen molar-refractivity contribution in [2.45, 2.75) is 39.5 Å². The second-order valence-corrected chi connectivity index (χ2v) is 7.98. The van der Waals surface area contributed by atoms with Gasteiger partial charge in [0.1, 0.15) is 0 Å². The van der Waals surface area contributed by atoms with Crippen LogP contribution in [0.3, 0.4) is 0 Å². The minimum atomic E-state index is -0.305. The van der Waals surface area contributed by atoms with Gasteiger partial charge >= 0.3 is 5.97 Å². The lowest BCUT2D eigenvalue weighted by atomic mass is 9.90. The van der Waals surface area contributed by atoms with Crippen molar-refractivity contribution in [3.8, 4) is 0 Å². The van der Waals surface area contributed by atoms with E-state index in [0.29, 0.717) is 23.4 Å². The third-order valence-corrected chi connectivity index (χ3v) is 6.00. The lowest BCUT2D eigenvalue weighted by Gasteiger charge is -2.16. The predicted molar refractivity (Wildman–Crippen MR) is 95.9 cm³/mol. The van der Waals surface area contributed by atoms with Gasteiger partial charge in [0, 0.05) is 10.3 Å². The van der Waals surface area contributed by atoms with E-state index in [1.165, 1.54) is 28.2 Å². The standard InChI is InChI=1S/C17H20N2O3S2/c1-3-22-15(20)8-12-9-23-17(18-12)19-16(21)14-7-11-6-10(2)4-5-13(11)24-14/h7,9-10H,3-6,8H2,1-2H3,(H,18,19,21). The summed E-state index contributed by atoms with van der Waals surface area (Å²) in [4.78, 5) is 30.2. The van der Waals surface area contributed by atoms with Crippen LogP contribution in [-0.2, 0) is 28.8 Å². The maximum Gasteiger partial charge on any atom is 0.311 e. The topological polar surface area (TPSA) is 68.3 Å². The number of esters is 1. The first kappa shape index (κ1) is 17.1. The van der Waals surface area contributed by atoms with Gasteiger partial charge in [0.15, 0.2) is 5.13 Å². The number of nitrogens with zero attached hydrogens (tertiary/aromatic N) is 1. The van der Waals surface area contributed by atoms with Crippen LogP contribution in [0.25, 0.3) is 0 Å². The quantitative estimate of drug-likeness (QED) is 0.822. The number of rotatable bonds is 5. The van der Waals surface area contributed by atoms with E-state index in [0.717, 1.165) is 17.7 Å². The van der Waals surface area contributed by atoms with Crippen molar-refractivity contribution in [2.75, 3.05) is 11.9 Å². The molecule has 1 aliphatic rings. The highest BCUT2D eigenvalue weighted by atomic mass is 32.1. The molecule has 0 radical (unpaired) electrons. The zero-order chi connectivity index (χ0) is 17.1. The number of thiazole rings is 1. The number of anilines is 1. The molecule has 3 rings (SSSR count). The minimum Gasteiger partial charge on any atom is -0.466 e. The largest absolute Gasteiger partial charge is 0.466 e. The fourth-order valence-corrected chi connectivity index (χ4v) is 4.59. The Morgan fingerprint density at radius 1 is 1.46 bits per heavy atom. The number of nitrogens with one attached hydrogen (secondary N) is 1. The van der Waals surface area contributed by atoms with E-state index >= 15 is 0 Å². The van der Waals surface area contributed by atoms with Crippen LogP contribution in [0.4, 0.5) is 5.13 Å². The zero-order valence-corrected chi connectivity index (χ0v) is 15.4. The number of carbonyl (C=O) groups excluding carboxylic acids is 2.